The van der Waals surface area contributed by atoms with Gasteiger partial charge in [0, 0.05) is 37.1 Å². The average molecular weight is 395 g/mol. The Morgan fingerprint density at radius 3 is 2.10 bits per heavy atom. The van der Waals surface area contributed by atoms with Gasteiger partial charge >= 0.3 is 0 Å². The lowest BCUT2D eigenvalue weighted by atomic mass is 10.0. The van der Waals surface area contributed by atoms with Crippen LogP contribution in [0, 0.1) is 0 Å². The third-order valence-corrected chi connectivity index (χ3v) is 5.43. The Labute approximate surface area is 172 Å². The molecule has 2 aromatic carbocycles. The average Bonchev–Trinajstić information content (AvgIpc) is 2.70. The third-order valence-electron chi connectivity index (χ3n) is 5.43. The number of nitrogens with zero attached hydrogens (tertiary/aromatic N) is 2. The van der Waals surface area contributed by atoms with Crippen LogP contribution in [0.4, 0.5) is 17.1 Å². The molecule has 2 aromatic rings. The molecule has 3 rings (SSSR count). The molecule has 154 valence electrons. The maximum Gasteiger partial charge on any atom is 0.228 e. The maximum atomic E-state index is 12.3. The van der Waals surface area contributed by atoms with Crippen molar-refractivity contribution in [2.75, 3.05) is 42.7 Å². The predicted molar refractivity (Wildman–Crippen MR) is 118 cm³/mol. The molecule has 1 aliphatic rings. The second-order valence-corrected chi connectivity index (χ2v) is 7.80. The Balaban J connectivity index is 1.52. The van der Waals surface area contributed by atoms with Gasteiger partial charge in [-0.1, -0.05) is 12.1 Å². The number of benzene rings is 2. The van der Waals surface area contributed by atoms with Crippen molar-refractivity contribution in [1.82, 2.24) is 4.90 Å². The zero-order valence-electron chi connectivity index (χ0n) is 17.4. The van der Waals surface area contributed by atoms with Crippen molar-refractivity contribution >= 4 is 28.9 Å². The SMILES string of the molecule is CC(=O)Nc1ccc(CC(=O)Nc2ccc(N(C)C3CCN(C)CC3)cc2)cc1. The van der Waals surface area contributed by atoms with Crippen molar-refractivity contribution in [1.29, 1.82) is 0 Å². The van der Waals surface area contributed by atoms with Crippen LogP contribution in [0.3, 0.4) is 0 Å². The second kappa shape index (κ2) is 9.56. The van der Waals surface area contributed by atoms with E-state index in [0.717, 1.165) is 30.0 Å². The van der Waals surface area contributed by atoms with Crippen LogP contribution in [-0.2, 0) is 16.0 Å². The minimum atomic E-state index is -0.111. The minimum Gasteiger partial charge on any atom is -0.372 e. The molecule has 2 amide bonds. The van der Waals surface area contributed by atoms with Crippen molar-refractivity contribution in [3.8, 4) is 0 Å². The fourth-order valence-corrected chi connectivity index (χ4v) is 3.67. The molecule has 0 bridgehead atoms. The third kappa shape index (κ3) is 6.06. The number of likely N-dealkylation sites (tertiary alicyclic amines) is 1. The Hall–Kier alpha value is -2.86. The molecule has 6 nitrogen and oxygen atoms in total. The van der Waals surface area contributed by atoms with Crippen LogP contribution in [0.1, 0.15) is 25.3 Å². The first kappa shape index (κ1) is 20.9. The van der Waals surface area contributed by atoms with Gasteiger partial charge in [-0.2, -0.15) is 0 Å². The van der Waals surface area contributed by atoms with Gasteiger partial charge in [0.1, 0.15) is 0 Å². The summed E-state index contributed by atoms with van der Waals surface area (Å²) in [6.45, 7) is 3.74. The number of carbonyl (C=O) groups is 2. The standard InChI is InChI=1S/C23H30N4O2/c1-17(28)24-19-6-4-18(5-7-19)16-23(29)25-20-8-10-21(11-9-20)27(3)22-12-14-26(2)15-13-22/h4-11,22H,12-16H2,1-3H3,(H,24,28)(H,25,29). The Morgan fingerprint density at radius 1 is 0.966 bits per heavy atom. The van der Waals surface area contributed by atoms with Gasteiger partial charge in [-0.15, -0.1) is 0 Å². The van der Waals surface area contributed by atoms with Crippen molar-refractivity contribution < 1.29 is 9.59 Å². The van der Waals surface area contributed by atoms with Crippen molar-refractivity contribution in [3.05, 3.63) is 54.1 Å². The molecular weight excluding hydrogens is 364 g/mol. The summed E-state index contributed by atoms with van der Waals surface area (Å²) in [6.07, 6.45) is 2.63. The summed E-state index contributed by atoms with van der Waals surface area (Å²) in [7, 11) is 4.32. The Morgan fingerprint density at radius 2 is 1.52 bits per heavy atom. The normalized spacial score (nSPS) is 15.0. The lowest BCUT2D eigenvalue weighted by molar-refractivity contribution is -0.116. The number of hydrogen-bond acceptors (Lipinski definition) is 4. The highest BCUT2D eigenvalue weighted by Gasteiger charge is 2.20. The Kier molecular flexibility index (Phi) is 6.88. The van der Waals surface area contributed by atoms with Gasteiger partial charge < -0.3 is 20.4 Å². The lowest BCUT2D eigenvalue weighted by Gasteiger charge is -2.36. The highest BCUT2D eigenvalue weighted by atomic mass is 16.2. The van der Waals surface area contributed by atoms with Gasteiger partial charge in [0.15, 0.2) is 0 Å². The molecule has 0 saturated carbocycles. The number of carbonyl (C=O) groups excluding carboxylic acids is 2. The molecule has 1 heterocycles. The molecule has 0 aliphatic carbocycles. The number of hydrogen-bond donors (Lipinski definition) is 2. The first-order valence-electron chi connectivity index (χ1n) is 10.1. The second-order valence-electron chi connectivity index (χ2n) is 7.80. The number of amides is 2. The van der Waals surface area contributed by atoms with E-state index in [1.165, 1.54) is 25.5 Å². The van der Waals surface area contributed by atoms with Gasteiger partial charge in [-0.05, 0) is 74.9 Å². The van der Waals surface area contributed by atoms with E-state index in [-0.39, 0.29) is 18.2 Å². The van der Waals surface area contributed by atoms with Crippen LogP contribution in [-0.4, -0.2) is 49.9 Å². The van der Waals surface area contributed by atoms with Crippen LogP contribution in [0.25, 0.3) is 0 Å². The lowest BCUT2D eigenvalue weighted by Crippen LogP contribution is -2.41. The molecule has 0 radical (unpaired) electrons. The molecule has 1 fully saturated rings. The van der Waals surface area contributed by atoms with Crippen LogP contribution in [0.5, 0.6) is 0 Å². The fourth-order valence-electron chi connectivity index (χ4n) is 3.67. The first-order chi connectivity index (χ1) is 13.9. The van der Waals surface area contributed by atoms with Crippen LogP contribution >= 0.6 is 0 Å². The zero-order valence-corrected chi connectivity index (χ0v) is 17.4. The van der Waals surface area contributed by atoms with E-state index < -0.39 is 0 Å². The highest BCUT2D eigenvalue weighted by molar-refractivity contribution is 5.92. The van der Waals surface area contributed by atoms with Crippen molar-refractivity contribution in [2.45, 2.75) is 32.2 Å². The van der Waals surface area contributed by atoms with Gasteiger partial charge in [-0.25, -0.2) is 0 Å². The molecule has 0 unspecified atom stereocenters. The molecule has 0 aromatic heterocycles. The van der Waals surface area contributed by atoms with Gasteiger partial charge in [0.2, 0.25) is 11.8 Å². The fraction of sp³-hybridized carbons (Fsp3) is 0.391. The number of anilines is 3. The summed E-state index contributed by atoms with van der Waals surface area (Å²) in [5.41, 5.74) is 3.60. The van der Waals surface area contributed by atoms with Gasteiger partial charge in [-0.3, -0.25) is 9.59 Å². The maximum absolute atomic E-state index is 12.3. The van der Waals surface area contributed by atoms with E-state index >= 15 is 0 Å². The van der Waals surface area contributed by atoms with E-state index in [9.17, 15) is 9.59 Å². The highest BCUT2D eigenvalue weighted by Crippen LogP contribution is 2.23. The molecular formula is C23H30N4O2. The van der Waals surface area contributed by atoms with E-state index in [1.807, 2.05) is 24.3 Å². The monoisotopic (exact) mass is 394 g/mol. The number of piperidine rings is 1. The smallest absolute Gasteiger partial charge is 0.228 e. The largest absolute Gasteiger partial charge is 0.372 e. The van der Waals surface area contributed by atoms with Crippen molar-refractivity contribution in [3.63, 3.8) is 0 Å². The zero-order chi connectivity index (χ0) is 20.8. The van der Waals surface area contributed by atoms with Crippen LogP contribution in [0.15, 0.2) is 48.5 Å². The topological polar surface area (TPSA) is 64.7 Å². The summed E-state index contributed by atoms with van der Waals surface area (Å²) in [5.74, 6) is -0.172. The minimum absolute atomic E-state index is 0.0614. The van der Waals surface area contributed by atoms with E-state index in [2.05, 4.69) is 46.7 Å². The van der Waals surface area contributed by atoms with Crippen LogP contribution in [0.2, 0.25) is 0 Å². The molecule has 0 spiro atoms. The summed E-state index contributed by atoms with van der Waals surface area (Å²) < 4.78 is 0. The van der Waals surface area contributed by atoms with E-state index in [4.69, 9.17) is 0 Å². The number of nitrogens with one attached hydrogen (secondary N) is 2. The number of rotatable bonds is 6. The van der Waals surface area contributed by atoms with Gasteiger partial charge in [0.25, 0.3) is 0 Å². The molecule has 1 aliphatic heterocycles. The van der Waals surface area contributed by atoms with Gasteiger partial charge in [0.05, 0.1) is 6.42 Å². The predicted octanol–water partition coefficient (Wildman–Crippen LogP) is 3.36. The van der Waals surface area contributed by atoms with Crippen LogP contribution < -0.4 is 15.5 Å². The van der Waals surface area contributed by atoms with E-state index in [1.54, 1.807) is 12.1 Å². The van der Waals surface area contributed by atoms with Crippen molar-refractivity contribution in [2.24, 2.45) is 0 Å². The summed E-state index contributed by atoms with van der Waals surface area (Å²) in [5, 5.41) is 5.67. The molecule has 6 heteroatoms. The molecule has 2 N–H and O–H groups in total. The van der Waals surface area contributed by atoms with E-state index in [0.29, 0.717) is 6.04 Å². The first-order valence-corrected chi connectivity index (χ1v) is 10.1. The summed E-state index contributed by atoms with van der Waals surface area (Å²) >= 11 is 0. The molecule has 1 saturated heterocycles. The Bertz CT molecular complexity index is 825. The molecule has 0 atom stereocenters. The molecule has 29 heavy (non-hydrogen) atoms. The quantitative estimate of drug-likeness (QED) is 0.789. The summed E-state index contributed by atoms with van der Waals surface area (Å²) in [6, 6.07) is 15.9. The summed E-state index contributed by atoms with van der Waals surface area (Å²) in [4.78, 5) is 28.1.